The summed E-state index contributed by atoms with van der Waals surface area (Å²) in [5.41, 5.74) is 4.41. The summed E-state index contributed by atoms with van der Waals surface area (Å²) in [5.74, 6) is 2.08. The van der Waals surface area contributed by atoms with E-state index in [0.717, 1.165) is 61.0 Å². The van der Waals surface area contributed by atoms with Crippen molar-refractivity contribution in [3.8, 4) is 5.75 Å². The molecule has 148 valence electrons. The molecule has 0 amide bonds. The first kappa shape index (κ1) is 19.2. The lowest BCUT2D eigenvalue weighted by Crippen LogP contribution is -2.25. The fraction of sp³-hybridized carbons (Fsp3) is 0.474. The molecule has 4 rings (SSSR count). The fourth-order valence-corrected chi connectivity index (χ4v) is 4.34. The first-order chi connectivity index (χ1) is 13.6. The Bertz CT molecular complexity index is 843. The average molecular weight is 493 g/mol. The lowest BCUT2D eigenvalue weighted by Gasteiger charge is -2.20. The monoisotopic (exact) mass is 493 g/mol. The van der Waals surface area contributed by atoms with E-state index in [1.807, 2.05) is 19.1 Å². The standard InChI is InChI=1S/C19H24IN7O/c1-13-10-15(20)11-14(16(13)28)12-21-25-17-22-18(26-6-2-3-7-26)24-19(23-17)27-8-4-5-9-27/h10-12,28H,2-9H2,1H3,(H,22,23,24,25)/b21-12-. The van der Waals surface area contributed by atoms with Crippen LogP contribution in [0.5, 0.6) is 5.75 Å². The van der Waals surface area contributed by atoms with Gasteiger partial charge in [0.2, 0.25) is 17.8 Å². The number of phenolic OH excluding ortho intramolecular Hbond substituents is 1. The third-order valence-corrected chi connectivity index (χ3v) is 5.68. The maximum Gasteiger partial charge on any atom is 0.250 e. The Morgan fingerprint density at radius 3 is 2.14 bits per heavy atom. The molecular weight excluding hydrogens is 469 g/mol. The molecule has 2 aromatic rings. The van der Waals surface area contributed by atoms with Crippen molar-refractivity contribution in [2.24, 2.45) is 5.10 Å². The molecule has 0 bridgehead atoms. The average Bonchev–Trinajstić information content (AvgIpc) is 3.39. The van der Waals surface area contributed by atoms with Crippen molar-refractivity contribution in [1.29, 1.82) is 0 Å². The van der Waals surface area contributed by atoms with Crippen LogP contribution in [0.3, 0.4) is 0 Å². The highest BCUT2D eigenvalue weighted by Crippen LogP contribution is 2.24. The van der Waals surface area contributed by atoms with Gasteiger partial charge in [-0.25, -0.2) is 5.43 Å². The van der Waals surface area contributed by atoms with Gasteiger partial charge >= 0.3 is 0 Å². The van der Waals surface area contributed by atoms with E-state index in [-0.39, 0.29) is 5.75 Å². The maximum absolute atomic E-state index is 10.2. The van der Waals surface area contributed by atoms with Crippen molar-refractivity contribution in [3.63, 3.8) is 0 Å². The molecule has 2 N–H and O–H groups in total. The number of phenols is 1. The topological polar surface area (TPSA) is 89.8 Å². The van der Waals surface area contributed by atoms with Gasteiger partial charge in [-0.05, 0) is 72.9 Å². The lowest BCUT2D eigenvalue weighted by molar-refractivity contribution is 0.470. The summed E-state index contributed by atoms with van der Waals surface area (Å²) < 4.78 is 1.04. The van der Waals surface area contributed by atoms with E-state index in [2.05, 4.69) is 52.9 Å². The summed E-state index contributed by atoms with van der Waals surface area (Å²) in [6.07, 6.45) is 6.25. The normalized spacial score (nSPS) is 17.1. The van der Waals surface area contributed by atoms with E-state index in [1.165, 1.54) is 0 Å². The Balaban J connectivity index is 1.58. The zero-order chi connectivity index (χ0) is 19.5. The maximum atomic E-state index is 10.2. The quantitative estimate of drug-likeness (QED) is 0.376. The van der Waals surface area contributed by atoms with E-state index in [0.29, 0.717) is 23.4 Å². The van der Waals surface area contributed by atoms with E-state index in [4.69, 9.17) is 4.98 Å². The van der Waals surface area contributed by atoms with Gasteiger partial charge < -0.3 is 14.9 Å². The van der Waals surface area contributed by atoms with Crippen LogP contribution in [0.1, 0.15) is 36.8 Å². The SMILES string of the molecule is Cc1cc(I)cc(/C=N\Nc2nc(N3CCCC3)nc(N3CCCC3)n2)c1O. The highest BCUT2D eigenvalue weighted by Gasteiger charge is 2.21. The summed E-state index contributed by atoms with van der Waals surface area (Å²) in [6, 6.07) is 3.81. The number of aromatic hydroxyl groups is 1. The van der Waals surface area contributed by atoms with Crippen LogP contribution in [0.4, 0.5) is 17.8 Å². The van der Waals surface area contributed by atoms with Gasteiger partial charge in [0.1, 0.15) is 5.75 Å². The van der Waals surface area contributed by atoms with Crippen LogP contribution in [-0.4, -0.2) is 52.5 Å². The number of halogens is 1. The van der Waals surface area contributed by atoms with Crippen LogP contribution in [-0.2, 0) is 0 Å². The number of rotatable bonds is 5. The molecule has 0 saturated carbocycles. The van der Waals surface area contributed by atoms with Crippen molar-refractivity contribution in [2.75, 3.05) is 41.4 Å². The molecule has 0 aliphatic carbocycles. The second-order valence-electron chi connectivity index (χ2n) is 7.18. The third-order valence-electron chi connectivity index (χ3n) is 5.05. The molecule has 1 aromatic heterocycles. The molecule has 0 atom stereocenters. The van der Waals surface area contributed by atoms with Crippen LogP contribution in [0.15, 0.2) is 17.2 Å². The van der Waals surface area contributed by atoms with Crippen LogP contribution >= 0.6 is 22.6 Å². The Morgan fingerprint density at radius 1 is 1.00 bits per heavy atom. The van der Waals surface area contributed by atoms with Crippen LogP contribution < -0.4 is 15.2 Å². The smallest absolute Gasteiger partial charge is 0.250 e. The van der Waals surface area contributed by atoms with Crippen LogP contribution in [0, 0.1) is 10.5 Å². The third kappa shape index (κ3) is 4.29. The molecule has 0 unspecified atom stereocenters. The van der Waals surface area contributed by atoms with Gasteiger partial charge in [0.15, 0.2) is 0 Å². The van der Waals surface area contributed by atoms with Gasteiger partial charge in [0.25, 0.3) is 0 Å². The second kappa shape index (κ2) is 8.46. The van der Waals surface area contributed by atoms with E-state index in [9.17, 15) is 5.11 Å². The van der Waals surface area contributed by atoms with E-state index < -0.39 is 0 Å². The largest absolute Gasteiger partial charge is 0.507 e. The Hall–Kier alpha value is -2.17. The predicted octanol–water partition coefficient (Wildman–Crippen LogP) is 3.14. The minimum absolute atomic E-state index is 0.233. The van der Waals surface area contributed by atoms with Gasteiger partial charge in [-0.2, -0.15) is 20.1 Å². The van der Waals surface area contributed by atoms with Gasteiger partial charge in [-0.15, -0.1) is 0 Å². The van der Waals surface area contributed by atoms with Gasteiger partial charge in [0.05, 0.1) is 6.21 Å². The van der Waals surface area contributed by atoms with Crippen molar-refractivity contribution in [3.05, 3.63) is 26.8 Å². The number of hydrazone groups is 1. The van der Waals surface area contributed by atoms with E-state index >= 15 is 0 Å². The Morgan fingerprint density at radius 2 is 1.57 bits per heavy atom. The summed E-state index contributed by atoms with van der Waals surface area (Å²) >= 11 is 2.23. The Labute approximate surface area is 178 Å². The molecule has 3 heterocycles. The predicted molar refractivity (Wildman–Crippen MR) is 119 cm³/mol. The van der Waals surface area contributed by atoms with Crippen LogP contribution in [0.25, 0.3) is 0 Å². The van der Waals surface area contributed by atoms with Crippen LogP contribution in [0.2, 0.25) is 0 Å². The summed E-state index contributed by atoms with van der Waals surface area (Å²) in [6.45, 7) is 5.77. The van der Waals surface area contributed by atoms with Crippen molar-refractivity contribution in [2.45, 2.75) is 32.6 Å². The zero-order valence-corrected chi connectivity index (χ0v) is 18.1. The number of benzene rings is 1. The number of aromatic nitrogens is 3. The molecule has 2 saturated heterocycles. The second-order valence-corrected chi connectivity index (χ2v) is 8.42. The number of hydrogen-bond donors (Lipinski definition) is 2. The summed E-state index contributed by atoms with van der Waals surface area (Å²) in [7, 11) is 0. The molecule has 2 aliphatic heterocycles. The Kier molecular flexibility index (Phi) is 5.79. The minimum Gasteiger partial charge on any atom is -0.507 e. The number of hydrogen-bond acceptors (Lipinski definition) is 8. The van der Waals surface area contributed by atoms with E-state index in [1.54, 1.807) is 6.21 Å². The first-order valence-electron chi connectivity index (χ1n) is 9.64. The number of anilines is 3. The van der Waals surface area contributed by atoms with Crippen molar-refractivity contribution >= 4 is 46.7 Å². The summed E-state index contributed by atoms with van der Waals surface area (Å²) in [5, 5.41) is 14.5. The number of nitrogens with zero attached hydrogens (tertiary/aromatic N) is 6. The molecule has 9 heteroatoms. The highest BCUT2D eigenvalue weighted by atomic mass is 127. The lowest BCUT2D eigenvalue weighted by atomic mass is 10.1. The molecule has 2 aliphatic rings. The highest BCUT2D eigenvalue weighted by molar-refractivity contribution is 14.1. The molecule has 0 spiro atoms. The fourth-order valence-electron chi connectivity index (χ4n) is 3.54. The van der Waals surface area contributed by atoms with Gasteiger partial charge in [-0.1, -0.05) is 0 Å². The molecule has 28 heavy (non-hydrogen) atoms. The van der Waals surface area contributed by atoms with Gasteiger partial charge in [-0.3, -0.25) is 0 Å². The first-order valence-corrected chi connectivity index (χ1v) is 10.7. The van der Waals surface area contributed by atoms with Crippen molar-refractivity contribution < 1.29 is 5.11 Å². The molecule has 1 aromatic carbocycles. The molecular formula is C19H24IN7O. The number of nitrogens with one attached hydrogen (secondary N) is 1. The number of aryl methyl sites for hydroxylation is 1. The molecule has 8 nitrogen and oxygen atoms in total. The molecule has 2 fully saturated rings. The molecule has 0 radical (unpaired) electrons. The summed E-state index contributed by atoms with van der Waals surface area (Å²) in [4.78, 5) is 18.2. The zero-order valence-electron chi connectivity index (χ0n) is 15.9. The van der Waals surface area contributed by atoms with Gasteiger partial charge in [0, 0.05) is 35.3 Å². The minimum atomic E-state index is 0.233. The van der Waals surface area contributed by atoms with Crippen molar-refractivity contribution in [1.82, 2.24) is 15.0 Å².